The van der Waals surface area contributed by atoms with Crippen LogP contribution in [0.5, 0.6) is 0 Å². The molecule has 0 aromatic rings. The molecule has 4 rings (SSSR count). The lowest BCUT2D eigenvalue weighted by atomic mass is 9.46. The lowest BCUT2D eigenvalue weighted by molar-refractivity contribution is -0.203. The minimum absolute atomic E-state index is 0.00419. The Balaban J connectivity index is 1.79. The van der Waals surface area contributed by atoms with Crippen LogP contribution in [0.15, 0.2) is 23.6 Å². The molecule has 0 bridgehead atoms. The van der Waals surface area contributed by atoms with Crippen LogP contribution in [0.2, 0.25) is 0 Å². The molecule has 4 aliphatic carbocycles. The number of ether oxygens (including phenoxy) is 1. The number of alkyl halides is 1. The van der Waals surface area contributed by atoms with Crippen molar-refractivity contribution in [3.05, 3.63) is 23.6 Å². The summed E-state index contributed by atoms with van der Waals surface area (Å²) in [6, 6.07) is 0. The number of hydrogen-bond acceptors (Lipinski definition) is 5. The third-order valence-corrected chi connectivity index (χ3v) is 9.63. The molecule has 0 amide bonds. The average molecular weight is 481 g/mol. The van der Waals surface area contributed by atoms with Crippen LogP contribution in [0.1, 0.15) is 66.2 Å². The minimum Gasteiger partial charge on any atom is -0.450 e. The number of carbonyl (C=O) groups excluding carboxylic acids is 3. The van der Waals surface area contributed by atoms with E-state index in [1.54, 1.807) is 6.08 Å². The Labute approximate surface area is 199 Å². The van der Waals surface area contributed by atoms with Gasteiger partial charge < -0.3 is 9.84 Å². The van der Waals surface area contributed by atoms with E-state index in [4.69, 9.17) is 16.3 Å². The van der Waals surface area contributed by atoms with Gasteiger partial charge >= 0.3 is 5.97 Å². The second kappa shape index (κ2) is 8.30. The molecule has 0 heterocycles. The predicted molar refractivity (Wildman–Crippen MR) is 122 cm³/mol. The number of hydrogen-bond donors (Lipinski definition) is 1. The number of carbonyl (C=O) groups is 3. The van der Waals surface area contributed by atoms with Gasteiger partial charge in [0.05, 0.1) is 12.0 Å². The van der Waals surface area contributed by atoms with Crippen LogP contribution in [-0.2, 0) is 19.1 Å². The molecular weight excluding hydrogens is 447 g/mol. The van der Waals surface area contributed by atoms with E-state index in [9.17, 15) is 23.9 Å². The molecule has 0 spiro atoms. The summed E-state index contributed by atoms with van der Waals surface area (Å²) in [7, 11) is 0. The lowest BCUT2D eigenvalue weighted by Crippen LogP contribution is -2.64. The van der Waals surface area contributed by atoms with Crippen molar-refractivity contribution < 1.29 is 28.6 Å². The maximum absolute atomic E-state index is 14.8. The molecule has 182 valence electrons. The average Bonchev–Trinajstić information content (AvgIpc) is 2.97. The monoisotopic (exact) mass is 480 g/mol. The van der Waals surface area contributed by atoms with Crippen molar-refractivity contribution >= 4 is 29.1 Å². The second-order valence-corrected chi connectivity index (χ2v) is 11.2. The zero-order chi connectivity index (χ0) is 24.3. The van der Waals surface area contributed by atoms with Crippen molar-refractivity contribution in [3.8, 4) is 0 Å². The number of aliphatic hydroxyl groups excluding tert-OH is 1. The molecule has 33 heavy (non-hydrogen) atoms. The number of fused-ring (bicyclic) bond motifs is 5. The third kappa shape index (κ3) is 3.23. The van der Waals surface area contributed by atoms with Crippen LogP contribution in [0.4, 0.5) is 4.39 Å². The van der Waals surface area contributed by atoms with Gasteiger partial charge in [-0.3, -0.25) is 14.4 Å². The van der Waals surface area contributed by atoms with Crippen molar-refractivity contribution in [2.24, 2.45) is 34.5 Å². The van der Waals surface area contributed by atoms with Gasteiger partial charge in [0, 0.05) is 29.1 Å². The Hall–Kier alpha value is -1.53. The number of aliphatic hydroxyl groups is 1. The highest BCUT2D eigenvalue weighted by Crippen LogP contribution is 2.69. The highest BCUT2D eigenvalue weighted by atomic mass is 35.5. The number of allylic oxidation sites excluding steroid dienone is 4. The van der Waals surface area contributed by atoms with Gasteiger partial charge in [0.1, 0.15) is 0 Å². The molecule has 8 atom stereocenters. The molecule has 0 aromatic carbocycles. The normalized spacial score (nSPS) is 44.2. The number of halogens is 2. The maximum Gasteiger partial charge on any atom is 0.306 e. The van der Waals surface area contributed by atoms with Crippen molar-refractivity contribution in [2.75, 3.05) is 5.88 Å². The van der Waals surface area contributed by atoms with Crippen molar-refractivity contribution in [1.29, 1.82) is 0 Å². The lowest BCUT2D eigenvalue weighted by Gasteiger charge is -2.60. The SMILES string of the molecule is CCCC(=O)O[C@@]1(C(=O)CCl)[C@@H](C)C[C@H]2[C@@H]3CCC4=C(F)C(=O)C=C[C@]4(C)[C@H]3[C@@H](O)C[C@@]21C. The Bertz CT molecular complexity index is 943. The van der Waals surface area contributed by atoms with Gasteiger partial charge in [-0.15, -0.1) is 11.6 Å². The summed E-state index contributed by atoms with van der Waals surface area (Å²) in [5.74, 6) is -2.85. The number of esters is 1. The van der Waals surface area contributed by atoms with E-state index in [1.807, 2.05) is 27.7 Å². The van der Waals surface area contributed by atoms with Crippen LogP contribution in [0, 0.1) is 34.5 Å². The van der Waals surface area contributed by atoms with E-state index in [1.165, 1.54) is 6.08 Å². The molecule has 5 nitrogen and oxygen atoms in total. The molecule has 0 aliphatic heterocycles. The summed E-state index contributed by atoms with van der Waals surface area (Å²) in [4.78, 5) is 38.1. The number of rotatable bonds is 5. The fraction of sp³-hybridized carbons (Fsp3) is 0.731. The van der Waals surface area contributed by atoms with Gasteiger partial charge in [-0.1, -0.05) is 33.8 Å². The topological polar surface area (TPSA) is 80.7 Å². The van der Waals surface area contributed by atoms with E-state index in [0.717, 1.165) is 0 Å². The summed E-state index contributed by atoms with van der Waals surface area (Å²) in [6.07, 6.45) is 4.96. The van der Waals surface area contributed by atoms with Crippen LogP contribution in [0.3, 0.4) is 0 Å². The van der Waals surface area contributed by atoms with Crippen LogP contribution < -0.4 is 0 Å². The first kappa shape index (κ1) is 24.6. The molecule has 3 fully saturated rings. The Kier molecular flexibility index (Phi) is 6.18. The summed E-state index contributed by atoms with van der Waals surface area (Å²) in [5.41, 5.74) is -2.46. The van der Waals surface area contributed by atoms with Gasteiger partial charge in [-0.05, 0) is 55.6 Å². The van der Waals surface area contributed by atoms with Crippen LogP contribution >= 0.6 is 11.6 Å². The molecule has 0 unspecified atom stereocenters. The Morgan fingerprint density at radius 1 is 1.33 bits per heavy atom. The van der Waals surface area contributed by atoms with E-state index in [2.05, 4.69) is 0 Å². The van der Waals surface area contributed by atoms with E-state index < -0.39 is 40.1 Å². The number of ketones is 2. The van der Waals surface area contributed by atoms with Crippen LogP contribution in [-0.4, -0.2) is 40.2 Å². The molecule has 0 saturated heterocycles. The Morgan fingerprint density at radius 2 is 2.03 bits per heavy atom. The van der Waals surface area contributed by atoms with Gasteiger partial charge in [0.25, 0.3) is 0 Å². The summed E-state index contributed by atoms with van der Waals surface area (Å²) >= 11 is 6.07. The molecule has 0 aromatic heterocycles. The fourth-order valence-electron chi connectivity index (χ4n) is 8.13. The summed E-state index contributed by atoms with van der Waals surface area (Å²) in [6.45, 7) is 7.68. The highest BCUT2D eigenvalue weighted by Gasteiger charge is 2.72. The fourth-order valence-corrected chi connectivity index (χ4v) is 8.33. The van der Waals surface area contributed by atoms with Crippen LogP contribution in [0.25, 0.3) is 0 Å². The largest absolute Gasteiger partial charge is 0.450 e. The summed E-state index contributed by atoms with van der Waals surface area (Å²) < 4.78 is 20.9. The van der Waals surface area contributed by atoms with Crippen molar-refractivity contribution in [1.82, 2.24) is 0 Å². The predicted octanol–water partition coefficient (Wildman–Crippen LogP) is 4.70. The first-order valence-corrected chi connectivity index (χ1v) is 12.6. The quantitative estimate of drug-likeness (QED) is 0.455. The maximum atomic E-state index is 14.8. The van der Waals surface area contributed by atoms with Gasteiger partial charge in [-0.25, -0.2) is 4.39 Å². The summed E-state index contributed by atoms with van der Waals surface area (Å²) in [5, 5.41) is 11.5. The number of Topliss-reactive ketones (excluding diaryl/α,β-unsaturated/α-hetero) is 1. The zero-order valence-corrected chi connectivity index (χ0v) is 20.6. The standard InChI is InChI=1S/C26H34ClFO5/c1-5-6-21(32)33-26(20(31)13-27)14(2)11-17-15-7-8-16-23(28)18(29)9-10-24(16,3)22(15)19(30)12-25(17,26)4/h9-10,14-15,17,19,22,30H,5-8,11-13H2,1-4H3/t14-,15-,17-,19-,22+,24-,25-,26+/m0/s1. The first-order valence-electron chi connectivity index (χ1n) is 12.1. The smallest absolute Gasteiger partial charge is 0.306 e. The van der Waals surface area contributed by atoms with Crippen molar-refractivity contribution in [2.45, 2.75) is 77.9 Å². The second-order valence-electron chi connectivity index (χ2n) is 10.9. The van der Waals surface area contributed by atoms with E-state index in [0.29, 0.717) is 31.3 Å². The van der Waals surface area contributed by atoms with E-state index in [-0.39, 0.29) is 48.2 Å². The van der Waals surface area contributed by atoms with Gasteiger partial charge in [0.15, 0.2) is 17.2 Å². The van der Waals surface area contributed by atoms with Gasteiger partial charge in [-0.2, -0.15) is 0 Å². The van der Waals surface area contributed by atoms with Gasteiger partial charge in [0.2, 0.25) is 5.78 Å². The molecule has 7 heteroatoms. The molecule has 1 N–H and O–H groups in total. The highest BCUT2D eigenvalue weighted by molar-refractivity contribution is 6.29. The molecule has 0 radical (unpaired) electrons. The zero-order valence-electron chi connectivity index (χ0n) is 19.8. The molecular formula is C26H34ClFO5. The van der Waals surface area contributed by atoms with E-state index >= 15 is 0 Å². The molecule has 4 aliphatic rings. The molecule has 3 saturated carbocycles. The van der Waals surface area contributed by atoms with Crippen molar-refractivity contribution in [3.63, 3.8) is 0 Å². The third-order valence-electron chi connectivity index (χ3n) is 9.39. The minimum atomic E-state index is -1.39. The first-order chi connectivity index (χ1) is 15.5. The Morgan fingerprint density at radius 3 is 2.67 bits per heavy atom.